The molecule has 1 aromatic heterocycles. The van der Waals surface area contributed by atoms with Crippen molar-refractivity contribution in [3.05, 3.63) is 43.5 Å². The van der Waals surface area contributed by atoms with Crippen LogP contribution in [-0.2, 0) is 27.3 Å². The van der Waals surface area contributed by atoms with Crippen molar-refractivity contribution in [3.8, 4) is 5.75 Å². The SMILES string of the molecule is Cc1nc2ccccc2cc1O.[CH3-].[Cd].[Cm]. The first-order valence-corrected chi connectivity index (χ1v) is 3.83. The third-order valence-corrected chi connectivity index (χ3v) is 1.89. The van der Waals surface area contributed by atoms with E-state index in [1.54, 1.807) is 13.0 Å². The molecule has 0 radical (unpaired) electrons. The van der Waals surface area contributed by atoms with Gasteiger partial charge < -0.3 is 12.5 Å². The molecule has 1 heterocycles. The summed E-state index contributed by atoms with van der Waals surface area (Å²) in [7, 11) is 0. The minimum absolute atomic E-state index is 0. The predicted molar refractivity (Wildman–Crippen MR) is 54.6 cm³/mol. The third-order valence-electron chi connectivity index (χ3n) is 1.89. The standard InChI is InChI=1S/C10H9NO.CH3.Cd.Cm/c1-7-10(12)6-8-4-2-3-5-9(8)11-7;;;/h2-6,12H,1H3;1H3;;/q;-1;;. The van der Waals surface area contributed by atoms with Gasteiger partial charge in [0.05, 0.1) is 11.2 Å². The van der Waals surface area contributed by atoms with Crippen molar-refractivity contribution in [1.82, 2.24) is 4.98 Å². The monoisotopic (exact) mass is 531 g/mol. The van der Waals surface area contributed by atoms with Crippen molar-refractivity contribution in [3.63, 3.8) is 0 Å². The first kappa shape index (κ1) is 15.8. The summed E-state index contributed by atoms with van der Waals surface area (Å²) in [6.07, 6.45) is 0. The Hall–Kier alpha value is -1.65. The van der Waals surface area contributed by atoms with E-state index in [1.807, 2.05) is 24.3 Å². The van der Waals surface area contributed by atoms with Gasteiger partial charge in [-0.3, -0.25) is 0 Å². The fourth-order valence-electron chi connectivity index (χ4n) is 1.20. The van der Waals surface area contributed by atoms with Crippen LogP contribution in [0.4, 0.5) is 0 Å². The topological polar surface area (TPSA) is 33.1 Å². The van der Waals surface area contributed by atoms with Crippen LogP contribution in [-0.4, -0.2) is 10.1 Å². The predicted octanol–water partition coefficient (Wildman–Crippen LogP) is 2.70. The second-order valence-electron chi connectivity index (χ2n) is 2.79. The van der Waals surface area contributed by atoms with E-state index in [-0.39, 0.29) is 40.5 Å². The Morgan fingerprint density at radius 1 is 1.20 bits per heavy atom. The van der Waals surface area contributed by atoms with Crippen LogP contribution in [0.3, 0.4) is 0 Å². The molecule has 0 saturated carbocycles. The van der Waals surface area contributed by atoms with Crippen molar-refractivity contribution in [2.24, 2.45) is 0 Å². The van der Waals surface area contributed by atoms with Gasteiger partial charge >= 0.3 is 0 Å². The molecular formula is C11H12CdCmNO-. The smallest absolute Gasteiger partial charge is 0.137 e. The number of para-hydroxylation sites is 1. The number of hydrogen-bond donors (Lipinski definition) is 1. The van der Waals surface area contributed by atoms with E-state index in [0.29, 0.717) is 5.69 Å². The van der Waals surface area contributed by atoms with Crippen LogP contribution in [0.2, 0.25) is 0 Å². The van der Waals surface area contributed by atoms with Crippen molar-refractivity contribution < 1.29 is 32.4 Å². The second-order valence-corrected chi connectivity index (χ2v) is 2.79. The van der Waals surface area contributed by atoms with Crippen LogP contribution in [0.25, 0.3) is 10.9 Å². The van der Waals surface area contributed by atoms with E-state index in [1.165, 1.54) is 0 Å². The van der Waals surface area contributed by atoms with Gasteiger partial charge in [-0.15, -0.1) is 0 Å². The summed E-state index contributed by atoms with van der Waals surface area (Å²) in [5.41, 5.74) is 1.60. The summed E-state index contributed by atoms with van der Waals surface area (Å²) in [4.78, 5) is 4.23. The Kier molecular flexibility index (Phi) is 6.27. The van der Waals surface area contributed by atoms with Crippen LogP contribution in [0.1, 0.15) is 5.69 Å². The number of rotatable bonds is 0. The molecular weight excluding hydrogens is 522 g/mol. The maximum atomic E-state index is 9.35. The molecule has 4 heteroatoms. The number of aromatic hydroxyl groups is 1. The van der Waals surface area contributed by atoms with Crippen molar-refractivity contribution >= 4 is 10.9 Å². The summed E-state index contributed by atoms with van der Waals surface area (Å²) in [5.74, 6) is 0.258. The molecule has 0 amide bonds. The molecule has 2 nitrogen and oxygen atoms in total. The number of nitrogens with zero attached hydrogens (tertiary/aromatic N) is 1. The minimum Gasteiger partial charge on any atom is -0.506 e. The van der Waals surface area contributed by atoms with Crippen LogP contribution in [0.5, 0.6) is 5.75 Å². The Labute approximate surface area is 104 Å². The summed E-state index contributed by atoms with van der Waals surface area (Å²) in [6.45, 7) is 1.79. The molecule has 0 atom stereocenters. The van der Waals surface area contributed by atoms with Gasteiger partial charge in [0.15, 0.2) is 0 Å². The number of benzene rings is 1. The van der Waals surface area contributed by atoms with Gasteiger partial charge in [-0.2, -0.15) is 0 Å². The van der Waals surface area contributed by atoms with Crippen molar-refractivity contribution in [2.45, 2.75) is 6.92 Å². The van der Waals surface area contributed by atoms with Gasteiger partial charge in [-0.1, -0.05) is 18.2 Å². The molecule has 0 spiro atoms. The average molecular weight is 534 g/mol. The summed E-state index contributed by atoms with van der Waals surface area (Å²) < 4.78 is 0. The number of aryl methyl sites for hydroxylation is 1. The van der Waals surface area contributed by atoms with Crippen LogP contribution >= 0.6 is 0 Å². The van der Waals surface area contributed by atoms with Gasteiger partial charge in [0.25, 0.3) is 0 Å². The van der Waals surface area contributed by atoms with E-state index < -0.39 is 0 Å². The first-order chi connectivity index (χ1) is 5.77. The van der Waals surface area contributed by atoms with Crippen LogP contribution < -0.4 is 0 Å². The molecule has 0 unspecified atom stereocenters. The largest absolute Gasteiger partial charge is 0.506 e. The molecule has 0 fully saturated rings. The third kappa shape index (κ3) is 2.90. The quantitative estimate of drug-likeness (QED) is 0.418. The molecule has 0 aliphatic carbocycles. The second kappa shape index (κ2) is 5.95. The van der Waals surface area contributed by atoms with E-state index in [0.717, 1.165) is 10.9 Å². The Morgan fingerprint density at radius 3 is 2.47 bits per heavy atom. The Morgan fingerprint density at radius 2 is 1.80 bits per heavy atom. The molecule has 15 heavy (non-hydrogen) atoms. The molecule has 1 N–H and O–H groups in total. The van der Waals surface area contributed by atoms with Gasteiger partial charge in [-0.25, -0.2) is 4.98 Å². The molecule has 0 aliphatic rings. The summed E-state index contributed by atoms with van der Waals surface area (Å²) in [5, 5.41) is 10.3. The van der Waals surface area contributed by atoms with Gasteiger partial charge in [0.1, 0.15) is 5.75 Å². The number of pyridine rings is 1. The zero-order valence-electron chi connectivity index (χ0n) is 8.84. The first-order valence-electron chi connectivity index (χ1n) is 3.83. The Balaban J connectivity index is 0. The van der Waals surface area contributed by atoms with Crippen molar-refractivity contribution in [1.29, 1.82) is 0 Å². The fourth-order valence-corrected chi connectivity index (χ4v) is 1.20. The Bertz CT molecular complexity index is 393. The maximum Gasteiger partial charge on any atom is 0.137 e. The van der Waals surface area contributed by atoms with Crippen molar-refractivity contribution in [2.75, 3.05) is 0 Å². The zero-order chi connectivity index (χ0) is 8.55. The van der Waals surface area contributed by atoms with E-state index in [4.69, 9.17) is 0 Å². The molecule has 0 aliphatic heterocycles. The summed E-state index contributed by atoms with van der Waals surface area (Å²) >= 11 is 0. The van der Waals surface area contributed by atoms with Crippen LogP contribution in [0.15, 0.2) is 30.3 Å². The number of fused-ring (bicyclic) bond motifs is 1. The minimum atomic E-state index is 0. The normalized spacial score (nSPS) is 8.33. The number of aromatic nitrogens is 1. The van der Waals surface area contributed by atoms with Gasteiger partial charge in [-0.05, 0) is 19.1 Å². The van der Waals surface area contributed by atoms with Crippen LogP contribution in [0, 0.1) is 14.4 Å². The summed E-state index contributed by atoms with van der Waals surface area (Å²) in [6, 6.07) is 9.46. The van der Waals surface area contributed by atoms with Gasteiger partial charge in [0.2, 0.25) is 0 Å². The fraction of sp³-hybridized carbons (Fsp3) is 0.0909. The van der Waals surface area contributed by atoms with E-state index >= 15 is 0 Å². The molecule has 78 valence electrons. The molecule has 2 aromatic rings. The van der Waals surface area contributed by atoms with Gasteiger partial charge in [0, 0.05) is 32.7 Å². The van der Waals surface area contributed by atoms with E-state index in [9.17, 15) is 5.11 Å². The van der Waals surface area contributed by atoms with E-state index in [2.05, 4.69) is 4.98 Å². The molecule has 0 saturated heterocycles. The molecule has 1 aromatic carbocycles. The average Bonchev–Trinajstić information content (AvgIpc) is 2.07. The maximum absolute atomic E-state index is 9.35. The zero-order valence-corrected chi connectivity index (χ0v) is 15.8. The molecule has 2 rings (SSSR count). The molecule has 0 bridgehead atoms. The number of hydrogen-bond acceptors (Lipinski definition) is 2.